The Morgan fingerprint density at radius 2 is 2.06 bits per heavy atom. The van der Waals surface area contributed by atoms with Crippen molar-refractivity contribution < 1.29 is 14.3 Å². The van der Waals surface area contributed by atoms with Crippen molar-refractivity contribution in [1.29, 1.82) is 0 Å². The number of rotatable bonds is 4. The van der Waals surface area contributed by atoms with Gasteiger partial charge in [-0.15, -0.1) is 0 Å². The van der Waals surface area contributed by atoms with Crippen LogP contribution in [0.3, 0.4) is 0 Å². The highest BCUT2D eigenvalue weighted by atomic mass is 16.5. The number of para-hydroxylation sites is 1. The molecule has 1 aromatic rings. The molecule has 0 aliphatic rings. The van der Waals surface area contributed by atoms with E-state index in [9.17, 15) is 9.59 Å². The number of ether oxygens (including phenoxy) is 1. The minimum Gasteiger partial charge on any atom is -0.452 e. The number of anilines is 1. The van der Waals surface area contributed by atoms with Gasteiger partial charge in [0.05, 0.1) is 5.56 Å². The first-order chi connectivity index (χ1) is 8.41. The molecular weight excluding hydrogens is 232 g/mol. The molecule has 5 nitrogen and oxygen atoms in total. The standard InChI is InChI=1S/C13H18N2O3/c1-8(2)15-11(16)7-18-13(17)10-6-4-5-9(3)12(10)14/h4-6,8H,7,14H2,1-3H3,(H,15,16). The number of nitrogen functional groups attached to an aromatic ring is 1. The van der Waals surface area contributed by atoms with Crippen LogP contribution in [-0.4, -0.2) is 24.5 Å². The maximum absolute atomic E-state index is 11.7. The Morgan fingerprint density at radius 1 is 1.39 bits per heavy atom. The largest absolute Gasteiger partial charge is 0.452 e. The van der Waals surface area contributed by atoms with Crippen LogP contribution in [0.2, 0.25) is 0 Å². The van der Waals surface area contributed by atoms with Crippen molar-refractivity contribution in [1.82, 2.24) is 5.32 Å². The molecule has 98 valence electrons. The Hall–Kier alpha value is -2.04. The third kappa shape index (κ3) is 3.76. The second-order valence-corrected chi connectivity index (χ2v) is 4.33. The zero-order chi connectivity index (χ0) is 13.7. The number of nitrogens with two attached hydrogens (primary N) is 1. The van der Waals surface area contributed by atoms with Gasteiger partial charge in [-0.2, -0.15) is 0 Å². The van der Waals surface area contributed by atoms with E-state index in [2.05, 4.69) is 5.32 Å². The maximum Gasteiger partial charge on any atom is 0.340 e. The predicted octanol–water partition coefficient (Wildman–Crippen LogP) is 1.26. The number of hydrogen-bond acceptors (Lipinski definition) is 4. The normalized spacial score (nSPS) is 10.2. The highest BCUT2D eigenvalue weighted by molar-refractivity contribution is 5.96. The van der Waals surface area contributed by atoms with Gasteiger partial charge < -0.3 is 15.8 Å². The lowest BCUT2D eigenvalue weighted by molar-refractivity contribution is -0.124. The van der Waals surface area contributed by atoms with E-state index in [0.29, 0.717) is 5.69 Å². The molecule has 3 N–H and O–H groups in total. The lowest BCUT2D eigenvalue weighted by atomic mass is 10.1. The Kier molecular flexibility index (Phi) is 4.71. The topological polar surface area (TPSA) is 81.4 Å². The lowest BCUT2D eigenvalue weighted by Gasteiger charge is -2.10. The van der Waals surface area contributed by atoms with Gasteiger partial charge in [0.15, 0.2) is 6.61 Å². The molecule has 0 saturated heterocycles. The van der Waals surface area contributed by atoms with Crippen molar-refractivity contribution in [3.63, 3.8) is 0 Å². The number of nitrogens with one attached hydrogen (secondary N) is 1. The van der Waals surface area contributed by atoms with Gasteiger partial charge in [0.1, 0.15) is 0 Å². The first-order valence-corrected chi connectivity index (χ1v) is 5.73. The second kappa shape index (κ2) is 6.05. The summed E-state index contributed by atoms with van der Waals surface area (Å²) >= 11 is 0. The van der Waals surface area contributed by atoms with Gasteiger partial charge in [0.2, 0.25) is 0 Å². The zero-order valence-electron chi connectivity index (χ0n) is 10.8. The summed E-state index contributed by atoms with van der Waals surface area (Å²) in [5.74, 6) is -0.917. The number of esters is 1. The summed E-state index contributed by atoms with van der Waals surface area (Å²) < 4.78 is 4.90. The minimum absolute atomic E-state index is 0.0141. The average Bonchev–Trinajstić information content (AvgIpc) is 2.29. The zero-order valence-corrected chi connectivity index (χ0v) is 10.8. The number of aryl methyl sites for hydroxylation is 1. The van der Waals surface area contributed by atoms with Crippen molar-refractivity contribution in [2.24, 2.45) is 0 Å². The van der Waals surface area contributed by atoms with E-state index in [-0.39, 0.29) is 24.1 Å². The molecular formula is C13H18N2O3. The summed E-state index contributed by atoms with van der Waals surface area (Å²) in [6.45, 7) is 5.17. The SMILES string of the molecule is Cc1cccc(C(=O)OCC(=O)NC(C)C)c1N. The lowest BCUT2D eigenvalue weighted by Crippen LogP contribution is -2.34. The summed E-state index contributed by atoms with van der Waals surface area (Å²) in [5.41, 5.74) is 7.24. The molecule has 18 heavy (non-hydrogen) atoms. The molecule has 0 aromatic heterocycles. The van der Waals surface area contributed by atoms with E-state index in [4.69, 9.17) is 10.5 Å². The van der Waals surface area contributed by atoms with Crippen LogP contribution in [0.4, 0.5) is 5.69 Å². The molecule has 0 bridgehead atoms. The molecule has 0 saturated carbocycles. The van der Waals surface area contributed by atoms with Crippen LogP contribution in [-0.2, 0) is 9.53 Å². The van der Waals surface area contributed by atoms with Crippen molar-refractivity contribution >= 4 is 17.6 Å². The summed E-state index contributed by atoms with van der Waals surface area (Å²) in [4.78, 5) is 23.0. The molecule has 5 heteroatoms. The molecule has 0 fully saturated rings. The van der Waals surface area contributed by atoms with E-state index < -0.39 is 5.97 Å². The first kappa shape index (κ1) is 14.0. The van der Waals surface area contributed by atoms with Crippen molar-refractivity contribution in [3.8, 4) is 0 Å². The molecule has 1 amide bonds. The molecule has 0 aliphatic heterocycles. The van der Waals surface area contributed by atoms with Gasteiger partial charge in [-0.1, -0.05) is 12.1 Å². The van der Waals surface area contributed by atoms with Gasteiger partial charge in [-0.05, 0) is 32.4 Å². The Labute approximate surface area is 106 Å². The molecule has 0 unspecified atom stereocenters. The van der Waals surface area contributed by atoms with Gasteiger partial charge in [-0.3, -0.25) is 4.79 Å². The molecule has 1 rings (SSSR count). The van der Waals surface area contributed by atoms with Crippen molar-refractivity contribution in [3.05, 3.63) is 29.3 Å². The van der Waals surface area contributed by atoms with Crippen LogP contribution in [0.1, 0.15) is 29.8 Å². The van der Waals surface area contributed by atoms with Crippen LogP contribution >= 0.6 is 0 Å². The number of carbonyl (C=O) groups excluding carboxylic acids is 2. The van der Waals surface area contributed by atoms with E-state index in [0.717, 1.165) is 5.56 Å². The number of carbonyl (C=O) groups is 2. The second-order valence-electron chi connectivity index (χ2n) is 4.33. The van der Waals surface area contributed by atoms with Crippen molar-refractivity contribution in [2.75, 3.05) is 12.3 Å². The van der Waals surface area contributed by atoms with Crippen molar-refractivity contribution in [2.45, 2.75) is 26.8 Å². The van der Waals surface area contributed by atoms with E-state index in [1.165, 1.54) is 0 Å². The maximum atomic E-state index is 11.7. The molecule has 0 radical (unpaired) electrons. The van der Waals surface area contributed by atoms with Gasteiger partial charge >= 0.3 is 5.97 Å². The first-order valence-electron chi connectivity index (χ1n) is 5.73. The van der Waals surface area contributed by atoms with Crippen LogP contribution < -0.4 is 11.1 Å². The van der Waals surface area contributed by atoms with Crippen LogP contribution in [0.15, 0.2) is 18.2 Å². The summed E-state index contributed by atoms with van der Waals surface area (Å²) in [5, 5.41) is 2.63. The Morgan fingerprint density at radius 3 is 2.67 bits per heavy atom. The molecule has 0 spiro atoms. The smallest absolute Gasteiger partial charge is 0.340 e. The third-order valence-corrected chi connectivity index (χ3v) is 2.33. The number of amides is 1. The van der Waals surface area contributed by atoms with Gasteiger partial charge in [0.25, 0.3) is 5.91 Å². The third-order valence-electron chi connectivity index (χ3n) is 2.33. The number of hydrogen-bond donors (Lipinski definition) is 2. The summed E-state index contributed by atoms with van der Waals surface area (Å²) in [6.07, 6.45) is 0. The van der Waals surface area contributed by atoms with Crippen LogP contribution in [0.25, 0.3) is 0 Å². The minimum atomic E-state index is -0.588. The monoisotopic (exact) mass is 250 g/mol. The molecule has 0 atom stereocenters. The molecule has 1 aromatic carbocycles. The highest BCUT2D eigenvalue weighted by Crippen LogP contribution is 2.17. The van der Waals surface area contributed by atoms with Gasteiger partial charge in [0, 0.05) is 11.7 Å². The van der Waals surface area contributed by atoms with Crippen LogP contribution in [0, 0.1) is 6.92 Å². The highest BCUT2D eigenvalue weighted by Gasteiger charge is 2.14. The molecule has 0 heterocycles. The summed E-state index contributed by atoms with van der Waals surface area (Å²) in [7, 11) is 0. The Bertz CT molecular complexity index is 456. The fraction of sp³-hybridized carbons (Fsp3) is 0.385. The van der Waals surface area contributed by atoms with Crippen LogP contribution in [0.5, 0.6) is 0 Å². The fourth-order valence-electron chi connectivity index (χ4n) is 1.43. The average molecular weight is 250 g/mol. The predicted molar refractivity (Wildman–Crippen MR) is 69.2 cm³/mol. The number of benzene rings is 1. The van der Waals surface area contributed by atoms with Gasteiger partial charge in [-0.25, -0.2) is 4.79 Å². The van der Waals surface area contributed by atoms with E-state index in [1.54, 1.807) is 25.1 Å². The summed E-state index contributed by atoms with van der Waals surface area (Å²) in [6, 6.07) is 5.11. The quantitative estimate of drug-likeness (QED) is 0.622. The van der Waals surface area contributed by atoms with E-state index >= 15 is 0 Å². The Balaban J connectivity index is 2.61. The molecule has 0 aliphatic carbocycles. The fourth-order valence-corrected chi connectivity index (χ4v) is 1.43. The van der Waals surface area contributed by atoms with E-state index in [1.807, 2.05) is 13.8 Å².